The van der Waals surface area contributed by atoms with Gasteiger partial charge >= 0.3 is 0 Å². The number of sulfone groups is 1. The van der Waals surface area contributed by atoms with E-state index in [4.69, 9.17) is 0 Å². The molecule has 1 aliphatic heterocycles. The van der Waals surface area contributed by atoms with Crippen LogP contribution in [0.2, 0.25) is 0 Å². The monoisotopic (exact) mass is 534 g/mol. The first-order chi connectivity index (χ1) is 18.1. The van der Waals surface area contributed by atoms with Gasteiger partial charge < -0.3 is 0 Å². The lowest BCUT2D eigenvalue weighted by Crippen LogP contribution is -2.25. The Morgan fingerprint density at radius 2 is 0.757 bits per heavy atom. The van der Waals surface area contributed by atoms with E-state index in [9.17, 15) is 8.42 Å². The molecule has 0 N–H and O–H groups in total. The molecule has 5 aromatic carbocycles. The van der Waals surface area contributed by atoms with Gasteiger partial charge in [-0.1, -0.05) is 121 Å². The minimum atomic E-state index is -3.76. The van der Waals surface area contributed by atoms with Crippen molar-refractivity contribution in [1.82, 2.24) is 0 Å². The first kappa shape index (κ1) is 23.9. The van der Waals surface area contributed by atoms with Crippen LogP contribution in [0.25, 0.3) is 9.81 Å². The standard InChI is InChI=1S/C32H22O2S3/c33-37(34)31(23-13-5-1-6-14-23)27-21-29(35-25-17-9-3-10-18-25)30(36-26-19-11-4-12-20-26)22-28(27)32(37)24-15-7-2-8-16-24/h1-22H. The summed E-state index contributed by atoms with van der Waals surface area (Å²) in [5, 5.41) is 1.50. The van der Waals surface area contributed by atoms with Crippen LogP contribution in [-0.2, 0) is 9.84 Å². The predicted molar refractivity (Wildman–Crippen MR) is 154 cm³/mol. The van der Waals surface area contributed by atoms with E-state index < -0.39 is 9.84 Å². The van der Waals surface area contributed by atoms with Crippen molar-refractivity contribution in [2.45, 2.75) is 19.6 Å². The first-order valence-corrected chi connectivity index (χ1v) is 15.0. The molecule has 0 spiro atoms. The van der Waals surface area contributed by atoms with Crippen LogP contribution in [0.1, 0.15) is 11.1 Å². The van der Waals surface area contributed by atoms with Gasteiger partial charge in [-0.3, -0.25) is 0 Å². The van der Waals surface area contributed by atoms with Crippen molar-refractivity contribution in [3.8, 4) is 0 Å². The lowest BCUT2D eigenvalue weighted by atomic mass is 10.1. The normalized spacial score (nSPS) is 13.9. The van der Waals surface area contributed by atoms with Crippen molar-refractivity contribution in [2.75, 3.05) is 0 Å². The van der Waals surface area contributed by atoms with Gasteiger partial charge in [0.1, 0.15) is 0 Å². The summed E-state index contributed by atoms with van der Waals surface area (Å²) in [6.07, 6.45) is 0. The quantitative estimate of drug-likeness (QED) is 0.242. The van der Waals surface area contributed by atoms with Crippen LogP contribution in [0.3, 0.4) is 0 Å². The van der Waals surface area contributed by atoms with Crippen LogP contribution in [0.5, 0.6) is 0 Å². The maximum atomic E-state index is 14.2. The lowest BCUT2D eigenvalue weighted by Gasteiger charge is -2.10. The fourth-order valence-electron chi connectivity index (χ4n) is 4.52. The van der Waals surface area contributed by atoms with Crippen molar-refractivity contribution < 1.29 is 8.42 Å². The van der Waals surface area contributed by atoms with Gasteiger partial charge in [0.25, 0.3) is 0 Å². The number of hydrogen-bond acceptors (Lipinski definition) is 4. The Morgan fingerprint density at radius 1 is 0.432 bits per heavy atom. The molecule has 0 saturated heterocycles. The number of rotatable bonds is 6. The highest BCUT2D eigenvalue weighted by Crippen LogP contribution is 2.39. The van der Waals surface area contributed by atoms with Crippen LogP contribution in [-0.4, -0.2) is 8.42 Å². The SMILES string of the molecule is O=S1(=O)C(c2ccccc2)=c2cc(Sc3ccccc3)c(Sc3ccccc3)cc2=C1c1ccccc1. The number of fused-ring (bicyclic) bond motifs is 1. The molecular weight excluding hydrogens is 513 g/mol. The molecule has 5 aromatic rings. The largest absolute Gasteiger partial charge is 0.218 e. The van der Waals surface area contributed by atoms with Gasteiger partial charge in [0.05, 0.1) is 9.81 Å². The maximum Gasteiger partial charge on any atom is 0.209 e. The van der Waals surface area contributed by atoms with Crippen LogP contribution < -0.4 is 10.4 Å². The second kappa shape index (κ2) is 10.1. The van der Waals surface area contributed by atoms with E-state index in [-0.39, 0.29) is 0 Å². The van der Waals surface area contributed by atoms with Gasteiger partial charge in [-0.2, -0.15) is 0 Å². The zero-order chi connectivity index (χ0) is 25.2. The van der Waals surface area contributed by atoms with Gasteiger partial charge in [0, 0.05) is 30.0 Å². The molecule has 0 radical (unpaired) electrons. The fraction of sp³-hybridized carbons (Fsp3) is 0. The summed E-state index contributed by atoms with van der Waals surface area (Å²) >= 11 is 3.31. The third-order valence-corrected chi connectivity index (χ3v) is 10.4. The molecule has 0 aromatic heterocycles. The van der Waals surface area contributed by atoms with Gasteiger partial charge in [-0.25, -0.2) is 8.42 Å². The molecular formula is C32H22O2S3. The fourth-order valence-corrected chi connectivity index (χ4v) is 8.55. The molecule has 37 heavy (non-hydrogen) atoms. The average Bonchev–Trinajstić information content (AvgIpc) is 3.16. The Morgan fingerprint density at radius 3 is 1.11 bits per heavy atom. The number of benzene rings is 5. The molecule has 0 unspecified atom stereocenters. The van der Waals surface area contributed by atoms with Crippen molar-refractivity contribution in [2.24, 2.45) is 0 Å². The van der Waals surface area contributed by atoms with Crippen molar-refractivity contribution in [1.29, 1.82) is 0 Å². The summed E-state index contributed by atoms with van der Waals surface area (Å²) in [4.78, 5) is 4.99. The molecule has 6 rings (SSSR count). The Kier molecular flexibility index (Phi) is 6.51. The van der Waals surface area contributed by atoms with Gasteiger partial charge in [-0.05, 0) is 47.5 Å². The van der Waals surface area contributed by atoms with Crippen LogP contribution >= 0.6 is 23.5 Å². The Balaban J connectivity index is 1.69. The van der Waals surface area contributed by atoms with E-state index in [1.54, 1.807) is 23.5 Å². The molecule has 0 aliphatic carbocycles. The minimum absolute atomic E-state index is 0.369. The van der Waals surface area contributed by atoms with Gasteiger partial charge in [0.15, 0.2) is 0 Å². The van der Waals surface area contributed by atoms with Crippen molar-refractivity contribution in [3.63, 3.8) is 0 Å². The van der Waals surface area contributed by atoms with Gasteiger partial charge in [-0.15, -0.1) is 0 Å². The molecule has 5 heteroatoms. The van der Waals surface area contributed by atoms with E-state index in [0.717, 1.165) is 30.0 Å². The molecule has 0 atom stereocenters. The summed E-state index contributed by atoms with van der Waals surface area (Å²) in [6, 6.07) is 43.4. The molecule has 0 bridgehead atoms. The third kappa shape index (κ3) is 4.66. The molecule has 180 valence electrons. The average molecular weight is 535 g/mol. The summed E-state index contributed by atoms with van der Waals surface area (Å²) < 4.78 is 28.4. The predicted octanol–water partition coefficient (Wildman–Crippen LogP) is 6.73. The molecule has 1 aliphatic rings. The Hall–Kier alpha value is -3.51. The van der Waals surface area contributed by atoms with E-state index in [0.29, 0.717) is 20.9 Å². The van der Waals surface area contributed by atoms with E-state index in [1.165, 1.54) is 0 Å². The van der Waals surface area contributed by atoms with Crippen molar-refractivity contribution in [3.05, 3.63) is 155 Å². The molecule has 2 nitrogen and oxygen atoms in total. The maximum absolute atomic E-state index is 14.2. The van der Waals surface area contributed by atoms with Crippen LogP contribution in [0.4, 0.5) is 0 Å². The van der Waals surface area contributed by atoms with E-state index in [2.05, 4.69) is 36.4 Å². The van der Waals surface area contributed by atoms with Crippen LogP contribution in [0.15, 0.2) is 153 Å². The second-order valence-electron chi connectivity index (χ2n) is 8.57. The second-order valence-corrected chi connectivity index (χ2v) is 12.6. The summed E-state index contributed by atoms with van der Waals surface area (Å²) in [5.74, 6) is 0. The molecule has 0 fully saturated rings. The summed E-state index contributed by atoms with van der Waals surface area (Å²) in [6.45, 7) is 0. The molecule has 1 heterocycles. The minimum Gasteiger partial charge on any atom is -0.218 e. The Labute approximate surface area is 225 Å². The van der Waals surface area contributed by atoms with E-state index >= 15 is 0 Å². The topological polar surface area (TPSA) is 34.1 Å². The number of hydrogen-bond donors (Lipinski definition) is 0. The molecule has 0 amide bonds. The summed E-state index contributed by atoms with van der Waals surface area (Å²) in [5.41, 5.74) is 1.41. The van der Waals surface area contributed by atoms with Gasteiger partial charge in [0.2, 0.25) is 9.84 Å². The zero-order valence-electron chi connectivity index (χ0n) is 19.7. The highest BCUT2D eigenvalue weighted by atomic mass is 32.2. The molecule has 0 saturated carbocycles. The highest BCUT2D eigenvalue weighted by Gasteiger charge is 2.33. The van der Waals surface area contributed by atoms with Crippen molar-refractivity contribution >= 4 is 43.2 Å². The third-order valence-electron chi connectivity index (χ3n) is 6.12. The van der Waals surface area contributed by atoms with Crippen LogP contribution in [0, 0.1) is 0 Å². The summed E-state index contributed by atoms with van der Waals surface area (Å²) in [7, 11) is -3.76. The Bertz CT molecular complexity index is 1670. The smallest absolute Gasteiger partial charge is 0.209 e. The first-order valence-electron chi connectivity index (χ1n) is 11.9. The zero-order valence-corrected chi connectivity index (χ0v) is 22.2. The lowest BCUT2D eigenvalue weighted by molar-refractivity contribution is 0.615. The highest BCUT2D eigenvalue weighted by molar-refractivity contribution is 8.09. The van der Waals surface area contributed by atoms with E-state index in [1.807, 2.05) is 97.1 Å².